The second-order valence-corrected chi connectivity index (χ2v) is 4.97. The van der Waals surface area contributed by atoms with Gasteiger partial charge < -0.3 is 10.2 Å². The molecule has 1 aromatic rings. The first kappa shape index (κ1) is 13.8. The van der Waals surface area contributed by atoms with Crippen LogP contribution in [0.3, 0.4) is 0 Å². The van der Waals surface area contributed by atoms with Crippen LogP contribution in [0.25, 0.3) is 0 Å². The number of amides is 2. The predicted molar refractivity (Wildman–Crippen MR) is 72.0 cm³/mol. The van der Waals surface area contributed by atoms with Gasteiger partial charge in [0.2, 0.25) is 5.91 Å². The van der Waals surface area contributed by atoms with Crippen LogP contribution in [0.5, 0.6) is 0 Å². The molecule has 0 radical (unpaired) electrons. The van der Waals surface area contributed by atoms with E-state index in [1.165, 1.54) is 24.2 Å². The van der Waals surface area contributed by atoms with E-state index in [2.05, 4.69) is 15.3 Å². The van der Waals surface area contributed by atoms with Crippen LogP contribution in [-0.2, 0) is 4.79 Å². The van der Waals surface area contributed by atoms with Crippen LogP contribution in [0, 0.1) is 0 Å². The van der Waals surface area contributed by atoms with Crippen LogP contribution in [0.4, 0.5) is 0 Å². The van der Waals surface area contributed by atoms with Gasteiger partial charge in [-0.05, 0) is 12.7 Å². The SMILES string of the molecule is CSc1ncc(C(=O)NCCN2CCCC2=O)cn1. The van der Waals surface area contributed by atoms with E-state index in [9.17, 15) is 9.59 Å². The number of aromatic nitrogens is 2. The molecule has 1 aromatic heterocycles. The molecule has 0 aliphatic carbocycles. The molecule has 2 rings (SSSR count). The van der Waals surface area contributed by atoms with Gasteiger partial charge in [-0.25, -0.2) is 9.97 Å². The summed E-state index contributed by atoms with van der Waals surface area (Å²) in [5.41, 5.74) is 0.436. The first-order chi connectivity index (χ1) is 9.20. The third kappa shape index (κ3) is 3.66. The average Bonchev–Trinajstić information content (AvgIpc) is 2.84. The highest BCUT2D eigenvalue weighted by molar-refractivity contribution is 7.98. The van der Waals surface area contributed by atoms with E-state index in [-0.39, 0.29) is 11.8 Å². The van der Waals surface area contributed by atoms with Crippen molar-refractivity contribution in [2.75, 3.05) is 25.9 Å². The number of likely N-dealkylation sites (tertiary alicyclic amines) is 1. The fourth-order valence-electron chi connectivity index (χ4n) is 1.89. The van der Waals surface area contributed by atoms with E-state index in [0.29, 0.717) is 30.2 Å². The van der Waals surface area contributed by atoms with E-state index in [1.807, 2.05) is 6.26 Å². The number of hydrogen-bond donors (Lipinski definition) is 1. The van der Waals surface area contributed by atoms with Crippen molar-refractivity contribution >= 4 is 23.6 Å². The summed E-state index contributed by atoms with van der Waals surface area (Å²) in [5, 5.41) is 3.40. The Kier molecular flexibility index (Phi) is 4.73. The van der Waals surface area contributed by atoms with Crippen molar-refractivity contribution in [3.8, 4) is 0 Å². The van der Waals surface area contributed by atoms with E-state index in [0.717, 1.165) is 13.0 Å². The number of carbonyl (C=O) groups is 2. The highest BCUT2D eigenvalue weighted by atomic mass is 32.2. The molecule has 7 heteroatoms. The molecule has 6 nitrogen and oxygen atoms in total. The van der Waals surface area contributed by atoms with Gasteiger partial charge in [0.1, 0.15) is 0 Å². The van der Waals surface area contributed by atoms with Crippen molar-refractivity contribution in [3.05, 3.63) is 18.0 Å². The van der Waals surface area contributed by atoms with Crippen LogP contribution in [0.15, 0.2) is 17.6 Å². The Hall–Kier alpha value is -1.63. The van der Waals surface area contributed by atoms with Crippen molar-refractivity contribution in [3.63, 3.8) is 0 Å². The summed E-state index contributed by atoms with van der Waals surface area (Å²) in [6, 6.07) is 0. The Labute approximate surface area is 116 Å². The topological polar surface area (TPSA) is 75.2 Å². The molecule has 102 valence electrons. The van der Waals surface area contributed by atoms with Gasteiger partial charge in [0.25, 0.3) is 5.91 Å². The zero-order valence-electron chi connectivity index (χ0n) is 10.8. The molecule has 1 fully saturated rings. The predicted octanol–water partition coefficient (Wildman–Crippen LogP) is 0.551. The number of nitrogens with one attached hydrogen (secondary N) is 1. The average molecular weight is 280 g/mol. The van der Waals surface area contributed by atoms with Crippen molar-refractivity contribution < 1.29 is 9.59 Å². The van der Waals surface area contributed by atoms with Crippen molar-refractivity contribution in [2.24, 2.45) is 0 Å². The van der Waals surface area contributed by atoms with Gasteiger partial charge in [0.15, 0.2) is 5.16 Å². The standard InChI is InChI=1S/C12H16N4O2S/c1-19-12-14-7-9(8-15-12)11(18)13-4-6-16-5-2-3-10(16)17/h7-8H,2-6H2,1H3,(H,13,18). The molecule has 1 saturated heterocycles. The maximum absolute atomic E-state index is 11.8. The van der Waals surface area contributed by atoms with Crippen LogP contribution in [0.2, 0.25) is 0 Å². The Bertz CT molecular complexity index is 463. The number of rotatable bonds is 5. The van der Waals surface area contributed by atoms with E-state index in [1.54, 1.807) is 4.90 Å². The minimum atomic E-state index is -0.209. The van der Waals surface area contributed by atoms with Crippen LogP contribution < -0.4 is 5.32 Å². The summed E-state index contributed by atoms with van der Waals surface area (Å²) >= 11 is 1.43. The van der Waals surface area contributed by atoms with Crippen molar-refractivity contribution in [1.82, 2.24) is 20.2 Å². The lowest BCUT2D eigenvalue weighted by Gasteiger charge is -2.15. The second-order valence-electron chi connectivity index (χ2n) is 4.20. The minimum Gasteiger partial charge on any atom is -0.350 e. The summed E-state index contributed by atoms with van der Waals surface area (Å²) in [6.07, 6.45) is 6.43. The summed E-state index contributed by atoms with van der Waals surface area (Å²) in [7, 11) is 0. The third-order valence-corrected chi connectivity index (χ3v) is 3.49. The van der Waals surface area contributed by atoms with Crippen LogP contribution in [-0.4, -0.2) is 52.6 Å². The number of hydrogen-bond acceptors (Lipinski definition) is 5. The normalized spacial score (nSPS) is 14.8. The molecular weight excluding hydrogens is 264 g/mol. The quantitative estimate of drug-likeness (QED) is 0.630. The number of nitrogens with zero attached hydrogens (tertiary/aromatic N) is 3. The first-order valence-corrected chi connectivity index (χ1v) is 7.35. The second kappa shape index (κ2) is 6.51. The maximum Gasteiger partial charge on any atom is 0.254 e. The Morgan fingerprint density at radius 2 is 2.21 bits per heavy atom. The van der Waals surface area contributed by atoms with E-state index >= 15 is 0 Å². The van der Waals surface area contributed by atoms with Gasteiger partial charge in [-0.15, -0.1) is 0 Å². The zero-order valence-corrected chi connectivity index (χ0v) is 11.6. The van der Waals surface area contributed by atoms with Gasteiger partial charge in [-0.3, -0.25) is 9.59 Å². The molecule has 0 saturated carbocycles. The van der Waals surface area contributed by atoms with E-state index in [4.69, 9.17) is 0 Å². The summed E-state index contributed by atoms with van der Waals surface area (Å²) in [6.45, 7) is 1.81. The molecule has 2 amide bonds. The highest BCUT2D eigenvalue weighted by Crippen LogP contribution is 2.08. The molecule has 0 bridgehead atoms. The zero-order chi connectivity index (χ0) is 13.7. The fourth-order valence-corrected chi connectivity index (χ4v) is 2.20. The molecule has 0 atom stereocenters. The lowest BCUT2D eigenvalue weighted by atomic mass is 10.3. The van der Waals surface area contributed by atoms with E-state index < -0.39 is 0 Å². The minimum absolute atomic E-state index is 0.168. The number of thioether (sulfide) groups is 1. The van der Waals surface area contributed by atoms with Crippen LogP contribution in [0.1, 0.15) is 23.2 Å². The Morgan fingerprint density at radius 1 is 1.47 bits per heavy atom. The van der Waals surface area contributed by atoms with Crippen molar-refractivity contribution in [1.29, 1.82) is 0 Å². The summed E-state index contributed by atoms with van der Waals surface area (Å²) < 4.78 is 0. The molecule has 0 aromatic carbocycles. The Balaban J connectivity index is 1.78. The lowest BCUT2D eigenvalue weighted by molar-refractivity contribution is -0.127. The van der Waals surface area contributed by atoms with Crippen LogP contribution >= 0.6 is 11.8 Å². The molecule has 19 heavy (non-hydrogen) atoms. The van der Waals surface area contributed by atoms with Gasteiger partial charge in [0, 0.05) is 38.4 Å². The molecular formula is C12H16N4O2S. The van der Waals surface area contributed by atoms with Gasteiger partial charge >= 0.3 is 0 Å². The Morgan fingerprint density at radius 3 is 2.79 bits per heavy atom. The third-order valence-electron chi connectivity index (χ3n) is 2.91. The molecule has 0 spiro atoms. The first-order valence-electron chi connectivity index (χ1n) is 6.12. The van der Waals surface area contributed by atoms with Gasteiger partial charge in [-0.1, -0.05) is 11.8 Å². The smallest absolute Gasteiger partial charge is 0.254 e. The summed E-state index contributed by atoms with van der Waals surface area (Å²) in [4.78, 5) is 33.0. The number of carbonyl (C=O) groups excluding carboxylic acids is 2. The van der Waals surface area contributed by atoms with Gasteiger partial charge in [0.05, 0.1) is 5.56 Å². The fraction of sp³-hybridized carbons (Fsp3) is 0.500. The lowest BCUT2D eigenvalue weighted by Crippen LogP contribution is -2.35. The monoisotopic (exact) mass is 280 g/mol. The molecule has 1 aliphatic rings. The largest absolute Gasteiger partial charge is 0.350 e. The molecule has 1 N–H and O–H groups in total. The van der Waals surface area contributed by atoms with Crippen molar-refractivity contribution in [2.45, 2.75) is 18.0 Å². The molecule has 1 aliphatic heterocycles. The molecule has 0 unspecified atom stereocenters. The van der Waals surface area contributed by atoms with Gasteiger partial charge in [-0.2, -0.15) is 0 Å². The highest BCUT2D eigenvalue weighted by Gasteiger charge is 2.19. The summed E-state index contributed by atoms with van der Waals surface area (Å²) in [5.74, 6) is -0.0406. The molecule has 2 heterocycles. The maximum atomic E-state index is 11.8.